The van der Waals surface area contributed by atoms with Crippen LogP contribution >= 0.6 is 15.9 Å². The van der Waals surface area contributed by atoms with E-state index in [0.717, 1.165) is 4.47 Å². The highest BCUT2D eigenvalue weighted by Crippen LogP contribution is 2.12. The van der Waals surface area contributed by atoms with E-state index in [-0.39, 0.29) is 6.42 Å². The molecule has 100 valence electrons. The predicted octanol–water partition coefficient (Wildman–Crippen LogP) is 2.18. The van der Waals surface area contributed by atoms with Crippen LogP contribution < -0.4 is 5.32 Å². The standard InChI is InChI=1S/C13H13BrN2O3/c1-8(7-15)5-11(13(18)19)16-12(17)9-3-2-4-10(14)6-9/h2-4,6,8,11H,5H2,1H3,(H,16,17)(H,18,19)/t8-,11+/m0/s1. The molecular formula is C13H13BrN2O3. The molecule has 0 bridgehead atoms. The number of carbonyl (C=O) groups excluding carboxylic acids is 1. The summed E-state index contributed by atoms with van der Waals surface area (Å²) in [6.07, 6.45) is 0.0750. The van der Waals surface area contributed by atoms with Crippen LogP contribution in [0.3, 0.4) is 0 Å². The summed E-state index contributed by atoms with van der Waals surface area (Å²) in [5, 5.41) is 20.1. The van der Waals surface area contributed by atoms with Crippen LogP contribution in [0.2, 0.25) is 0 Å². The molecule has 0 aromatic heterocycles. The maximum absolute atomic E-state index is 11.9. The quantitative estimate of drug-likeness (QED) is 0.868. The van der Waals surface area contributed by atoms with Crippen LogP contribution in [-0.2, 0) is 4.79 Å². The van der Waals surface area contributed by atoms with Gasteiger partial charge in [-0.2, -0.15) is 5.26 Å². The Kier molecular flexibility index (Phi) is 5.52. The second-order valence-corrected chi connectivity index (χ2v) is 5.06. The minimum Gasteiger partial charge on any atom is -0.480 e. The minimum absolute atomic E-state index is 0.0750. The van der Waals surface area contributed by atoms with Gasteiger partial charge in [-0.3, -0.25) is 4.79 Å². The van der Waals surface area contributed by atoms with Crippen molar-refractivity contribution >= 4 is 27.8 Å². The Labute approximate surface area is 119 Å². The molecule has 0 unspecified atom stereocenters. The molecule has 0 saturated carbocycles. The van der Waals surface area contributed by atoms with Gasteiger partial charge < -0.3 is 10.4 Å². The van der Waals surface area contributed by atoms with Crippen molar-refractivity contribution in [3.63, 3.8) is 0 Å². The maximum atomic E-state index is 11.9. The van der Waals surface area contributed by atoms with E-state index in [9.17, 15) is 9.59 Å². The fourth-order valence-corrected chi connectivity index (χ4v) is 1.90. The molecule has 2 atom stereocenters. The number of halogens is 1. The Bertz CT molecular complexity index is 525. The Hall–Kier alpha value is -1.87. The summed E-state index contributed by atoms with van der Waals surface area (Å²) in [6.45, 7) is 1.61. The van der Waals surface area contributed by atoms with Gasteiger partial charge >= 0.3 is 5.97 Å². The van der Waals surface area contributed by atoms with E-state index in [4.69, 9.17) is 10.4 Å². The average Bonchev–Trinajstić information content (AvgIpc) is 2.37. The molecule has 0 saturated heterocycles. The van der Waals surface area contributed by atoms with Crippen LogP contribution in [0.5, 0.6) is 0 Å². The largest absolute Gasteiger partial charge is 0.480 e. The zero-order valence-electron chi connectivity index (χ0n) is 10.3. The number of aliphatic carboxylic acids is 1. The Balaban J connectivity index is 2.77. The van der Waals surface area contributed by atoms with Gasteiger partial charge in [-0.25, -0.2) is 4.79 Å². The number of hydrogen-bond donors (Lipinski definition) is 2. The van der Waals surface area contributed by atoms with E-state index in [0.29, 0.717) is 5.56 Å². The number of rotatable bonds is 5. The van der Waals surface area contributed by atoms with Crippen LogP contribution in [0.4, 0.5) is 0 Å². The molecule has 0 spiro atoms. The molecule has 0 aliphatic rings. The van der Waals surface area contributed by atoms with Crippen LogP contribution in [-0.4, -0.2) is 23.0 Å². The van der Waals surface area contributed by atoms with Gasteiger partial charge in [0, 0.05) is 16.0 Å². The first kappa shape index (κ1) is 15.2. The topological polar surface area (TPSA) is 90.2 Å². The highest BCUT2D eigenvalue weighted by atomic mass is 79.9. The van der Waals surface area contributed by atoms with Gasteiger partial charge in [0.25, 0.3) is 5.91 Å². The summed E-state index contributed by atoms with van der Waals surface area (Å²) < 4.78 is 0.734. The molecule has 2 N–H and O–H groups in total. The molecule has 1 amide bonds. The molecular weight excluding hydrogens is 312 g/mol. The monoisotopic (exact) mass is 324 g/mol. The molecule has 19 heavy (non-hydrogen) atoms. The number of carbonyl (C=O) groups is 2. The van der Waals surface area contributed by atoms with Crippen molar-refractivity contribution < 1.29 is 14.7 Å². The molecule has 1 aromatic carbocycles. The van der Waals surface area contributed by atoms with Gasteiger partial charge in [-0.1, -0.05) is 22.0 Å². The highest BCUT2D eigenvalue weighted by Gasteiger charge is 2.23. The normalized spacial score (nSPS) is 13.1. The lowest BCUT2D eigenvalue weighted by atomic mass is 10.0. The Morgan fingerprint density at radius 3 is 2.74 bits per heavy atom. The molecule has 6 heteroatoms. The lowest BCUT2D eigenvalue weighted by Gasteiger charge is -2.15. The first-order valence-corrected chi connectivity index (χ1v) is 6.42. The number of nitriles is 1. The number of hydrogen-bond acceptors (Lipinski definition) is 3. The van der Waals surface area contributed by atoms with E-state index in [1.165, 1.54) is 0 Å². The van der Waals surface area contributed by atoms with Gasteiger partial charge in [0.1, 0.15) is 6.04 Å². The van der Waals surface area contributed by atoms with Gasteiger partial charge in [-0.05, 0) is 31.5 Å². The van der Waals surface area contributed by atoms with Crippen molar-refractivity contribution in [2.45, 2.75) is 19.4 Å². The third-order valence-corrected chi connectivity index (χ3v) is 2.99. The van der Waals surface area contributed by atoms with Crippen molar-refractivity contribution in [3.8, 4) is 6.07 Å². The van der Waals surface area contributed by atoms with Crippen LogP contribution in [0.1, 0.15) is 23.7 Å². The molecule has 0 fully saturated rings. The molecule has 0 aliphatic carbocycles. The number of carboxylic acids is 1. The van der Waals surface area contributed by atoms with Crippen LogP contribution in [0.15, 0.2) is 28.7 Å². The van der Waals surface area contributed by atoms with E-state index >= 15 is 0 Å². The lowest BCUT2D eigenvalue weighted by molar-refractivity contribution is -0.139. The summed E-state index contributed by atoms with van der Waals surface area (Å²) in [4.78, 5) is 23.0. The molecule has 0 radical (unpaired) electrons. The minimum atomic E-state index is -1.15. The third kappa shape index (κ3) is 4.72. The van der Waals surface area contributed by atoms with Crippen LogP contribution in [0.25, 0.3) is 0 Å². The summed E-state index contributed by atoms with van der Waals surface area (Å²) in [5.74, 6) is -2.06. The number of amides is 1. The summed E-state index contributed by atoms with van der Waals surface area (Å²) in [7, 11) is 0. The van der Waals surface area contributed by atoms with E-state index in [2.05, 4.69) is 21.2 Å². The lowest BCUT2D eigenvalue weighted by Crippen LogP contribution is -2.41. The third-order valence-electron chi connectivity index (χ3n) is 2.50. The molecule has 5 nitrogen and oxygen atoms in total. The van der Waals surface area contributed by atoms with Gasteiger partial charge in [0.05, 0.1) is 6.07 Å². The fourth-order valence-electron chi connectivity index (χ4n) is 1.50. The second kappa shape index (κ2) is 6.90. The molecule has 0 heterocycles. The molecule has 0 aliphatic heterocycles. The number of nitrogens with one attached hydrogen (secondary N) is 1. The second-order valence-electron chi connectivity index (χ2n) is 4.14. The summed E-state index contributed by atoms with van der Waals surface area (Å²) >= 11 is 3.24. The van der Waals surface area contributed by atoms with Crippen molar-refractivity contribution in [1.82, 2.24) is 5.32 Å². The zero-order chi connectivity index (χ0) is 14.4. The predicted molar refractivity (Wildman–Crippen MR) is 72.4 cm³/mol. The summed E-state index contributed by atoms with van der Waals surface area (Å²) in [5.41, 5.74) is 0.366. The van der Waals surface area contributed by atoms with Gasteiger partial charge in [0.2, 0.25) is 0 Å². The van der Waals surface area contributed by atoms with Gasteiger partial charge in [0.15, 0.2) is 0 Å². The highest BCUT2D eigenvalue weighted by molar-refractivity contribution is 9.10. The Morgan fingerprint density at radius 1 is 1.53 bits per heavy atom. The number of benzene rings is 1. The van der Waals surface area contributed by atoms with Crippen molar-refractivity contribution in [1.29, 1.82) is 5.26 Å². The first-order valence-electron chi connectivity index (χ1n) is 5.63. The van der Waals surface area contributed by atoms with Crippen LogP contribution in [0, 0.1) is 17.2 Å². The maximum Gasteiger partial charge on any atom is 0.326 e. The number of nitrogens with zero attached hydrogens (tertiary/aromatic N) is 1. The molecule has 1 aromatic rings. The first-order chi connectivity index (χ1) is 8.93. The van der Waals surface area contributed by atoms with E-state index < -0.39 is 23.8 Å². The Morgan fingerprint density at radius 2 is 2.21 bits per heavy atom. The van der Waals surface area contributed by atoms with E-state index in [1.54, 1.807) is 31.2 Å². The fraction of sp³-hybridized carbons (Fsp3) is 0.308. The van der Waals surface area contributed by atoms with Crippen molar-refractivity contribution in [2.75, 3.05) is 0 Å². The van der Waals surface area contributed by atoms with Crippen molar-refractivity contribution in [2.24, 2.45) is 5.92 Å². The summed E-state index contributed by atoms with van der Waals surface area (Å²) in [6, 6.07) is 7.53. The smallest absolute Gasteiger partial charge is 0.326 e. The number of carboxylic acid groups (broad SMARTS) is 1. The van der Waals surface area contributed by atoms with Crippen molar-refractivity contribution in [3.05, 3.63) is 34.3 Å². The average molecular weight is 325 g/mol. The van der Waals surface area contributed by atoms with E-state index in [1.807, 2.05) is 6.07 Å². The van der Waals surface area contributed by atoms with Gasteiger partial charge in [-0.15, -0.1) is 0 Å². The zero-order valence-corrected chi connectivity index (χ0v) is 11.8. The SMILES string of the molecule is C[C@H](C#N)C[C@@H](NC(=O)c1cccc(Br)c1)C(=O)O. The molecule has 1 rings (SSSR count).